The summed E-state index contributed by atoms with van der Waals surface area (Å²) in [4.78, 5) is 0. The summed E-state index contributed by atoms with van der Waals surface area (Å²) in [5.41, 5.74) is 3.65. The van der Waals surface area contributed by atoms with Crippen LogP contribution in [0.3, 0.4) is 0 Å². The lowest BCUT2D eigenvalue weighted by atomic mass is 10.1. The Hall–Kier alpha value is -1.47. The number of halogens is 1. The molecule has 2 aromatic rings. The Morgan fingerprint density at radius 1 is 0.938 bits per heavy atom. The van der Waals surface area contributed by atoms with Crippen LogP contribution >= 0.6 is 11.6 Å². The van der Waals surface area contributed by atoms with Crippen LogP contribution in [-0.2, 0) is 6.54 Å². The summed E-state index contributed by atoms with van der Waals surface area (Å²) in [7, 11) is 0. The number of aryl methyl sites for hydroxylation is 1. The lowest BCUT2D eigenvalue weighted by Crippen LogP contribution is -1.98. The fraction of sp³-hybridized carbons (Fsp3) is 0.143. The van der Waals surface area contributed by atoms with Crippen LogP contribution in [0, 0.1) is 6.92 Å². The van der Waals surface area contributed by atoms with E-state index < -0.39 is 0 Å². The predicted molar refractivity (Wildman–Crippen MR) is 70.0 cm³/mol. The van der Waals surface area contributed by atoms with Gasteiger partial charge in [-0.15, -0.1) is 0 Å². The maximum atomic E-state index is 5.82. The molecule has 0 spiro atoms. The second-order valence-corrected chi connectivity index (χ2v) is 4.28. The highest BCUT2D eigenvalue weighted by atomic mass is 35.5. The number of benzene rings is 2. The van der Waals surface area contributed by atoms with Gasteiger partial charge in [-0.25, -0.2) is 0 Å². The first-order valence-electron chi connectivity index (χ1n) is 5.29. The molecule has 0 radical (unpaired) electrons. The van der Waals surface area contributed by atoms with Gasteiger partial charge in [-0.1, -0.05) is 41.4 Å². The average Bonchev–Trinajstić information content (AvgIpc) is 2.30. The van der Waals surface area contributed by atoms with Crippen LogP contribution in [0.5, 0.6) is 0 Å². The minimum Gasteiger partial charge on any atom is -0.381 e. The highest BCUT2D eigenvalue weighted by Crippen LogP contribution is 2.14. The molecule has 16 heavy (non-hydrogen) atoms. The van der Waals surface area contributed by atoms with Crippen LogP contribution in [0.25, 0.3) is 0 Å². The monoisotopic (exact) mass is 231 g/mol. The molecule has 0 amide bonds. The molecule has 0 aliphatic carbocycles. The first kappa shape index (κ1) is 11.0. The van der Waals surface area contributed by atoms with Gasteiger partial charge in [0.15, 0.2) is 0 Å². The van der Waals surface area contributed by atoms with Gasteiger partial charge in [-0.3, -0.25) is 0 Å². The maximum Gasteiger partial charge on any atom is 0.0407 e. The van der Waals surface area contributed by atoms with Crippen LogP contribution in [0.1, 0.15) is 11.1 Å². The molecular formula is C14H14ClN. The molecule has 1 N–H and O–H groups in total. The topological polar surface area (TPSA) is 12.0 Å². The third kappa shape index (κ3) is 3.01. The molecule has 0 aromatic heterocycles. The van der Waals surface area contributed by atoms with E-state index in [0.29, 0.717) is 0 Å². The molecule has 2 heteroatoms. The largest absolute Gasteiger partial charge is 0.381 e. The lowest BCUT2D eigenvalue weighted by Gasteiger charge is -2.06. The summed E-state index contributed by atoms with van der Waals surface area (Å²) in [5.74, 6) is 0. The first-order chi connectivity index (χ1) is 7.74. The Kier molecular flexibility index (Phi) is 3.47. The molecule has 0 fully saturated rings. The Bertz CT molecular complexity index is 400. The van der Waals surface area contributed by atoms with E-state index in [1.54, 1.807) is 0 Å². The van der Waals surface area contributed by atoms with Crippen molar-refractivity contribution in [3.8, 4) is 0 Å². The number of anilines is 1. The van der Waals surface area contributed by atoms with Gasteiger partial charge in [0.2, 0.25) is 0 Å². The fourth-order valence-electron chi connectivity index (χ4n) is 1.48. The summed E-state index contributed by atoms with van der Waals surface area (Å²) in [6, 6.07) is 16.3. The van der Waals surface area contributed by atoms with Crippen LogP contribution in [0.4, 0.5) is 5.69 Å². The van der Waals surface area contributed by atoms with Gasteiger partial charge in [0, 0.05) is 17.3 Å². The molecule has 0 saturated carbocycles. The number of nitrogens with one attached hydrogen (secondary N) is 1. The van der Waals surface area contributed by atoms with Gasteiger partial charge in [0.1, 0.15) is 0 Å². The highest BCUT2D eigenvalue weighted by molar-refractivity contribution is 6.30. The quantitative estimate of drug-likeness (QED) is 0.832. The van der Waals surface area contributed by atoms with Crippen molar-refractivity contribution in [1.82, 2.24) is 0 Å². The van der Waals surface area contributed by atoms with Crippen LogP contribution < -0.4 is 5.32 Å². The molecule has 2 aromatic carbocycles. The van der Waals surface area contributed by atoms with Crippen molar-refractivity contribution in [2.45, 2.75) is 13.5 Å². The zero-order valence-electron chi connectivity index (χ0n) is 9.20. The van der Waals surface area contributed by atoms with E-state index >= 15 is 0 Å². The van der Waals surface area contributed by atoms with Crippen molar-refractivity contribution in [2.24, 2.45) is 0 Å². The van der Waals surface area contributed by atoms with Gasteiger partial charge in [-0.2, -0.15) is 0 Å². The van der Waals surface area contributed by atoms with Gasteiger partial charge < -0.3 is 5.32 Å². The van der Waals surface area contributed by atoms with Crippen molar-refractivity contribution in [2.75, 3.05) is 5.32 Å². The van der Waals surface area contributed by atoms with Crippen molar-refractivity contribution in [1.29, 1.82) is 0 Å². The summed E-state index contributed by atoms with van der Waals surface area (Å²) in [6.07, 6.45) is 0. The molecule has 82 valence electrons. The summed E-state index contributed by atoms with van der Waals surface area (Å²) in [5, 5.41) is 4.11. The molecule has 0 heterocycles. The normalized spacial score (nSPS) is 10.1. The van der Waals surface area contributed by atoms with E-state index in [-0.39, 0.29) is 0 Å². The van der Waals surface area contributed by atoms with Gasteiger partial charge >= 0.3 is 0 Å². The third-order valence-corrected chi connectivity index (χ3v) is 2.71. The van der Waals surface area contributed by atoms with E-state index in [9.17, 15) is 0 Å². The smallest absolute Gasteiger partial charge is 0.0407 e. The number of hydrogen-bond acceptors (Lipinski definition) is 1. The molecule has 0 unspecified atom stereocenters. The third-order valence-electron chi connectivity index (χ3n) is 2.46. The highest BCUT2D eigenvalue weighted by Gasteiger charge is 1.94. The predicted octanol–water partition coefficient (Wildman–Crippen LogP) is 4.26. The maximum absolute atomic E-state index is 5.82. The second-order valence-electron chi connectivity index (χ2n) is 3.85. The Morgan fingerprint density at radius 2 is 1.56 bits per heavy atom. The molecule has 0 aliphatic rings. The van der Waals surface area contributed by atoms with E-state index in [4.69, 9.17) is 11.6 Å². The molecular weight excluding hydrogens is 218 g/mol. The molecule has 0 saturated heterocycles. The van der Waals surface area contributed by atoms with Gasteiger partial charge in [-0.05, 0) is 36.8 Å². The van der Waals surface area contributed by atoms with E-state index in [1.807, 2.05) is 24.3 Å². The fourth-order valence-corrected chi connectivity index (χ4v) is 1.60. The van der Waals surface area contributed by atoms with Crippen LogP contribution in [0.15, 0.2) is 48.5 Å². The molecule has 0 bridgehead atoms. The van der Waals surface area contributed by atoms with Crippen molar-refractivity contribution in [3.05, 3.63) is 64.7 Å². The Balaban J connectivity index is 1.97. The van der Waals surface area contributed by atoms with Crippen molar-refractivity contribution >= 4 is 17.3 Å². The molecule has 2 rings (SSSR count). The molecule has 1 nitrogen and oxygen atoms in total. The Morgan fingerprint density at radius 3 is 2.19 bits per heavy atom. The summed E-state index contributed by atoms with van der Waals surface area (Å²) < 4.78 is 0. The minimum absolute atomic E-state index is 0.765. The summed E-state index contributed by atoms with van der Waals surface area (Å²) in [6.45, 7) is 2.93. The Labute approximate surface area is 101 Å². The number of hydrogen-bond donors (Lipinski definition) is 1. The number of rotatable bonds is 3. The first-order valence-corrected chi connectivity index (χ1v) is 5.67. The van der Waals surface area contributed by atoms with Crippen molar-refractivity contribution < 1.29 is 0 Å². The van der Waals surface area contributed by atoms with E-state index in [2.05, 4.69) is 36.5 Å². The van der Waals surface area contributed by atoms with E-state index in [1.165, 1.54) is 11.1 Å². The SMILES string of the molecule is Cc1ccc(CNc2ccc(Cl)cc2)cc1. The van der Waals surface area contributed by atoms with Crippen molar-refractivity contribution in [3.63, 3.8) is 0 Å². The van der Waals surface area contributed by atoms with Crippen LogP contribution in [0.2, 0.25) is 5.02 Å². The molecule has 0 aliphatic heterocycles. The minimum atomic E-state index is 0.765. The molecule has 0 atom stereocenters. The average molecular weight is 232 g/mol. The lowest BCUT2D eigenvalue weighted by molar-refractivity contribution is 1.14. The summed E-state index contributed by atoms with van der Waals surface area (Å²) >= 11 is 5.82. The zero-order valence-corrected chi connectivity index (χ0v) is 9.96. The van der Waals surface area contributed by atoms with Gasteiger partial charge in [0.25, 0.3) is 0 Å². The standard InChI is InChI=1S/C14H14ClN/c1-11-2-4-12(5-3-11)10-16-14-8-6-13(15)7-9-14/h2-9,16H,10H2,1H3. The van der Waals surface area contributed by atoms with Gasteiger partial charge in [0.05, 0.1) is 0 Å². The second kappa shape index (κ2) is 5.04. The van der Waals surface area contributed by atoms with Crippen LogP contribution in [-0.4, -0.2) is 0 Å². The van der Waals surface area contributed by atoms with E-state index in [0.717, 1.165) is 17.3 Å². The zero-order chi connectivity index (χ0) is 11.4.